The number of hydrogen-bond acceptors (Lipinski definition) is 5. The zero-order valence-corrected chi connectivity index (χ0v) is 13.3. The first-order chi connectivity index (χ1) is 9.54. The maximum absolute atomic E-state index is 5.91. The summed E-state index contributed by atoms with van der Waals surface area (Å²) < 4.78 is 0. The number of hydrogen-bond donors (Lipinski definition) is 1. The van der Waals surface area contributed by atoms with Crippen molar-refractivity contribution in [3.8, 4) is 0 Å². The Labute approximate surface area is 126 Å². The van der Waals surface area contributed by atoms with Crippen LogP contribution in [0.4, 0.5) is 11.9 Å². The molecule has 2 atom stereocenters. The lowest BCUT2D eigenvalue weighted by atomic mass is 9.81. The molecule has 5 nitrogen and oxygen atoms in total. The minimum atomic E-state index is 0.234. The van der Waals surface area contributed by atoms with E-state index in [4.69, 9.17) is 11.6 Å². The molecule has 1 aromatic rings. The molecule has 6 heteroatoms. The van der Waals surface area contributed by atoms with Gasteiger partial charge in [0.05, 0.1) is 0 Å². The van der Waals surface area contributed by atoms with E-state index in [0.29, 0.717) is 11.9 Å². The van der Waals surface area contributed by atoms with Crippen LogP contribution >= 0.6 is 11.6 Å². The Morgan fingerprint density at radius 1 is 1.25 bits per heavy atom. The zero-order valence-electron chi connectivity index (χ0n) is 12.6. The maximum atomic E-state index is 5.91. The van der Waals surface area contributed by atoms with Gasteiger partial charge in [-0.15, -0.1) is 0 Å². The van der Waals surface area contributed by atoms with Crippen molar-refractivity contribution in [1.29, 1.82) is 0 Å². The molecule has 1 saturated carbocycles. The third kappa shape index (κ3) is 4.47. The largest absolute Gasteiger partial charge is 0.354 e. The highest BCUT2D eigenvalue weighted by molar-refractivity contribution is 6.28. The molecular formula is C14H24ClN5. The highest BCUT2D eigenvalue weighted by Gasteiger charge is 2.18. The SMILES string of the molecule is CC1CCCC(CCNc2nc(Cl)nc(N(C)C)n2)C1. The second-order valence-corrected chi connectivity index (χ2v) is 6.31. The number of aromatic nitrogens is 3. The van der Waals surface area contributed by atoms with E-state index in [-0.39, 0.29) is 5.28 Å². The van der Waals surface area contributed by atoms with Crippen molar-refractivity contribution >= 4 is 23.5 Å². The van der Waals surface area contributed by atoms with E-state index in [1.165, 1.54) is 32.1 Å². The first-order valence-corrected chi connectivity index (χ1v) is 7.75. The van der Waals surface area contributed by atoms with Crippen molar-refractivity contribution in [3.63, 3.8) is 0 Å². The van der Waals surface area contributed by atoms with Crippen molar-refractivity contribution in [2.45, 2.75) is 39.0 Å². The van der Waals surface area contributed by atoms with E-state index >= 15 is 0 Å². The van der Waals surface area contributed by atoms with Gasteiger partial charge in [0, 0.05) is 20.6 Å². The minimum absolute atomic E-state index is 0.234. The normalized spacial score (nSPS) is 22.6. The Morgan fingerprint density at radius 2 is 2.05 bits per heavy atom. The summed E-state index contributed by atoms with van der Waals surface area (Å²) in [5, 5.41) is 3.50. The summed E-state index contributed by atoms with van der Waals surface area (Å²) in [7, 11) is 3.78. The average Bonchev–Trinajstić information content (AvgIpc) is 2.38. The van der Waals surface area contributed by atoms with E-state index in [1.807, 2.05) is 19.0 Å². The van der Waals surface area contributed by atoms with E-state index in [1.54, 1.807) is 0 Å². The van der Waals surface area contributed by atoms with Crippen molar-refractivity contribution in [2.75, 3.05) is 30.9 Å². The lowest BCUT2D eigenvalue weighted by molar-refractivity contribution is 0.274. The molecule has 1 aliphatic carbocycles. The Balaban J connectivity index is 1.84. The average molecular weight is 298 g/mol. The van der Waals surface area contributed by atoms with Crippen molar-refractivity contribution in [3.05, 3.63) is 5.28 Å². The summed E-state index contributed by atoms with van der Waals surface area (Å²) in [6.07, 6.45) is 6.63. The molecule has 0 bridgehead atoms. The standard InChI is InChI=1S/C14H24ClN5/c1-10-5-4-6-11(9-10)7-8-16-13-17-12(15)18-14(19-13)20(2)3/h10-11H,4-9H2,1-3H3,(H,16,17,18,19). The Morgan fingerprint density at radius 3 is 2.75 bits per heavy atom. The summed E-state index contributed by atoms with van der Waals surface area (Å²) >= 11 is 5.91. The van der Waals surface area contributed by atoms with Crippen LogP contribution in [0.3, 0.4) is 0 Å². The number of anilines is 2. The number of nitrogens with one attached hydrogen (secondary N) is 1. The quantitative estimate of drug-likeness (QED) is 0.904. The fourth-order valence-electron chi connectivity index (χ4n) is 2.83. The van der Waals surface area contributed by atoms with Gasteiger partial charge in [0.1, 0.15) is 0 Å². The van der Waals surface area contributed by atoms with Gasteiger partial charge in [-0.1, -0.05) is 26.2 Å². The van der Waals surface area contributed by atoms with Crippen LogP contribution in [0.2, 0.25) is 5.28 Å². The molecule has 112 valence electrons. The molecule has 2 rings (SSSR count). The third-order valence-electron chi connectivity index (χ3n) is 3.88. The summed E-state index contributed by atoms with van der Waals surface area (Å²) in [4.78, 5) is 14.3. The number of rotatable bonds is 5. The van der Waals surface area contributed by atoms with Crippen molar-refractivity contribution in [1.82, 2.24) is 15.0 Å². The molecule has 1 N–H and O–H groups in total. The molecule has 0 aliphatic heterocycles. The molecule has 0 spiro atoms. The van der Waals surface area contributed by atoms with Crippen molar-refractivity contribution in [2.24, 2.45) is 11.8 Å². The molecular weight excluding hydrogens is 274 g/mol. The molecule has 1 aliphatic rings. The second kappa shape index (κ2) is 7.07. The Kier molecular flexibility index (Phi) is 5.40. The highest BCUT2D eigenvalue weighted by atomic mass is 35.5. The van der Waals surface area contributed by atoms with Crippen LogP contribution in [0.15, 0.2) is 0 Å². The smallest absolute Gasteiger partial charge is 0.230 e. The Hall–Kier alpha value is -1.10. The fraction of sp³-hybridized carbons (Fsp3) is 0.786. The van der Waals surface area contributed by atoms with Gasteiger partial charge in [-0.05, 0) is 36.3 Å². The van der Waals surface area contributed by atoms with Gasteiger partial charge in [0.15, 0.2) is 0 Å². The molecule has 0 aromatic carbocycles. The van der Waals surface area contributed by atoms with Crippen LogP contribution in [0.5, 0.6) is 0 Å². The summed E-state index contributed by atoms with van der Waals surface area (Å²) in [5.41, 5.74) is 0. The predicted molar refractivity (Wildman–Crippen MR) is 83.4 cm³/mol. The minimum Gasteiger partial charge on any atom is -0.354 e. The van der Waals surface area contributed by atoms with Crippen LogP contribution in [0.1, 0.15) is 39.0 Å². The summed E-state index contributed by atoms with van der Waals surface area (Å²) in [6.45, 7) is 3.25. The number of nitrogens with zero attached hydrogens (tertiary/aromatic N) is 4. The van der Waals surface area contributed by atoms with Crippen LogP contribution in [-0.4, -0.2) is 35.6 Å². The van der Waals surface area contributed by atoms with E-state index in [0.717, 1.165) is 18.4 Å². The van der Waals surface area contributed by atoms with Crippen LogP contribution < -0.4 is 10.2 Å². The molecule has 1 heterocycles. The fourth-order valence-corrected chi connectivity index (χ4v) is 2.98. The van der Waals surface area contributed by atoms with Gasteiger partial charge in [0.25, 0.3) is 0 Å². The second-order valence-electron chi connectivity index (χ2n) is 5.98. The first kappa shape index (κ1) is 15.3. The van der Waals surface area contributed by atoms with Crippen LogP contribution in [0, 0.1) is 11.8 Å². The van der Waals surface area contributed by atoms with E-state index in [9.17, 15) is 0 Å². The van der Waals surface area contributed by atoms with Gasteiger partial charge < -0.3 is 10.2 Å². The monoisotopic (exact) mass is 297 g/mol. The molecule has 0 radical (unpaired) electrons. The Bertz CT molecular complexity index is 438. The van der Waals surface area contributed by atoms with Crippen LogP contribution in [-0.2, 0) is 0 Å². The molecule has 0 amide bonds. The van der Waals surface area contributed by atoms with Gasteiger partial charge in [-0.2, -0.15) is 15.0 Å². The zero-order chi connectivity index (χ0) is 14.5. The predicted octanol–water partition coefficient (Wildman–Crippen LogP) is 3.22. The molecule has 20 heavy (non-hydrogen) atoms. The lowest BCUT2D eigenvalue weighted by Crippen LogP contribution is -2.18. The van der Waals surface area contributed by atoms with Crippen molar-refractivity contribution < 1.29 is 0 Å². The topological polar surface area (TPSA) is 53.9 Å². The van der Waals surface area contributed by atoms with Gasteiger partial charge in [-0.3, -0.25) is 0 Å². The maximum Gasteiger partial charge on any atom is 0.230 e. The van der Waals surface area contributed by atoms with Gasteiger partial charge >= 0.3 is 0 Å². The molecule has 2 unspecified atom stereocenters. The van der Waals surface area contributed by atoms with Gasteiger partial charge in [0.2, 0.25) is 17.2 Å². The lowest BCUT2D eigenvalue weighted by Gasteiger charge is -2.26. The van der Waals surface area contributed by atoms with E-state index < -0.39 is 0 Å². The van der Waals surface area contributed by atoms with Gasteiger partial charge in [-0.25, -0.2) is 0 Å². The van der Waals surface area contributed by atoms with E-state index in [2.05, 4.69) is 27.2 Å². The highest BCUT2D eigenvalue weighted by Crippen LogP contribution is 2.30. The molecule has 1 fully saturated rings. The number of halogens is 1. The molecule has 0 saturated heterocycles. The summed E-state index contributed by atoms with van der Waals surface area (Å²) in [6, 6.07) is 0. The molecule has 1 aromatic heterocycles. The van der Waals surface area contributed by atoms with Crippen LogP contribution in [0.25, 0.3) is 0 Å². The third-order valence-corrected chi connectivity index (χ3v) is 4.05. The first-order valence-electron chi connectivity index (χ1n) is 7.37. The summed E-state index contributed by atoms with van der Waals surface area (Å²) in [5.74, 6) is 2.86.